The average molecular weight is 803 g/mol. The lowest BCUT2D eigenvalue weighted by Gasteiger charge is -2.29. The maximum absolute atomic E-state index is 12.9. The number of imide groups is 1. The van der Waals surface area contributed by atoms with Crippen molar-refractivity contribution in [1.82, 2.24) is 20.4 Å². The number of benzene rings is 4. The molecule has 0 aliphatic carbocycles. The molecule has 4 aromatic rings. The van der Waals surface area contributed by atoms with Crippen LogP contribution in [0.5, 0.6) is 11.5 Å². The quantitative estimate of drug-likeness (QED) is 0.0690. The fraction of sp³-hybridized carbons (Fsp3) is 0.326. The summed E-state index contributed by atoms with van der Waals surface area (Å²) in [5.74, 6) is -0.548. The lowest BCUT2D eigenvalue weighted by molar-refractivity contribution is -0.137. The first-order valence-corrected chi connectivity index (χ1v) is 19.8. The number of carbonyl (C=O) groups is 5. The molecule has 1 atom stereocenters. The summed E-state index contributed by atoms with van der Waals surface area (Å²) >= 11 is 0. The Morgan fingerprint density at radius 1 is 0.864 bits per heavy atom. The van der Waals surface area contributed by atoms with E-state index in [9.17, 15) is 29.1 Å². The number of aromatic hydroxyl groups is 1. The minimum atomic E-state index is -0.689. The van der Waals surface area contributed by atoms with Gasteiger partial charge in [-0.15, -0.1) is 0 Å². The van der Waals surface area contributed by atoms with Gasteiger partial charge < -0.3 is 34.4 Å². The number of hydrogen-bond acceptors (Lipinski definition) is 9. The summed E-state index contributed by atoms with van der Waals surface area (Å²) in [6, 6.07) is 29.9. The Morgan fingerprint density at radius 3 is 2.29 bits per heavy atom. The molecule has 2 aliphatic heterocycles. The third kappa shape index (κ3) is 11.2. The molecule has 3 N–H and O–H groups in total. The smallest absolute Gasteiger partial charge is 0.255 e. The van der Waals surface area contributed by atoms with Crippen LogP contribution >= 0.6 is 0 Å². The van der Waals surface area contributed by atoms with Crippen molar-refractivity contribution in [2.75, 3.05) is 53.2 Å². The van der Waals surface area contributed by atoms with Crippen molar-refractivity contribution >= 4 is 40.7 Å². The van der Waals surface area contributed by atoms with Gasteiger partial charge in [0.05, 0.1) is 32.8 Å². The van der Waals surface area contributed by atoms with Crippen molar-refractivity contribution in [2.24, 2.45) is 0 Å². The van der Waals surface area contributed by atoms with Gasteiger partial charge in [0.2, 0.25) is 23.6 Å². The topological polar surface area (TPSA) is 164 Å². The van der Waals surface area contributed by atoms with Crippen molar-refractivity contribution < 1.29 is 43.3 Å². The molecule has 4 aromatic carbocycles. The second-order valence-corrected chi connectivity index (χ2v) is 14.4. The number of carbonyl (C=O) groups excluding carboxylic acids is 5. The summed E-state index contributed by atoms with van der Waals surface area (Å²) in [4.78, 5) is 64.9. The Balaban J connectivity index is 0.851. The van der Waals surface area contributed by atoms with Gasteiger partial charge in [0.1, 0.15) is 30.8 Å². The van der Waals surface area contributed by atoms with Gasteiger partial charge in [-0.1, -0.05) is 73.7 Å². The zero-order chi connectivity index (χ0) is 41.7. The van der Waals surface area contributed by atoms with E-state index in [0.29, 0.717) is 31.0 Å². The molecule has 13 heteroatoms. The molecule has 1 unspecified atom stereocenters. The summed E-state index contributed by atoms with van der Waals surface area (Å²) in [5, 5.41) is 15.0. The number of nitrogens with zero attached hydrogens (tertiary/aromatic N) is 2. The van der Waals surface area contributed by atoms with Crippen LogP contribution in [0.1, 0.15) is 64.4 Å². The third-order valence-electron chi connectivity index (χ3n) is 10.3. The number of fused-ring (bicyclic) bond motifs is 1. The molecule has 0 saturated carbocycles. The van der Waals surface area contributed by atoms with E-state index in [0.717, 1.165) is 39.8 Å². The van der Waals surface area contributed by atoms with Crippen LogP contribution < -0.4 is 15.4 Å². The summed E-state index contributed by atoms with van der Waals surface area (Å²) in [6.07, 6.45) is 1.41. The second-order valence-electron chi connectivity index (χ2n) is 14.4. The number of phenolic OH excluding ortho intramolecular Hbond substituents is 1. The SMILES string of the molecule is CC/C(=C(\c1ccc(O)cc1)c1ccc(OCCN(C)C(=O)COCCOCCNC(=O)Cc2ccc3c(c2)CN(C2CCC(=O)NC2=O)C3=O)cc1)c1ccccc1. The number of rotatable bonds is 19. The summed E-state index contributed by atoms with van der Waals surface area (Å²) < 4.78 is 17.0. The summed E-state index contributed by atoms with van der Waals surface area (Å²) in [6.45, 7) is 3.98. The van der Waals surface area contributed by atoms with E-state index in [4.69, 9.17) is 14.2 Å². The van der Waals surface area contributed by atoms with E-state index in [1.54, 1.807) is 42.3 Å². The number of nitrogens with one attached hydrogen (secondary N) is 2. The number of allylic oxidation sites excluding steroid dienone is 1. The summed E-state index contributed by atoms with van der Waals surface area (Å²) in [7, 11) is 1.69. The van der Waals surface area contributed by atoms with Crippen LogP contribution in [0.3, 0.4) is 0 Å². The Bertz CT molecular complexity index is 2150. The van der Waals surface area contributed by atoms with Crippen molar-refractivity contribution in [3.63, 3.8) is 0 Å². The van der Waals surface area contributed by atoms with Crippen LogP contribution in [0.4, 0.5) is 0 Å². The molecule has 0 radical (unpaired) electrons. The highest BCUT2D eigenvalue weighted by atomic mass is 16.5. The maximum atomic E-state index is 12.9. The number of amides is 5. The highest BCUT2D eigenvalue weighted by molar-refractivity contribution is 6.05. The van der Waals surface area contributed by atoms with E-state index in [1.165, 1.54) is 10.5 Å². The van der Waals surface area contributed by atoms with E-state index in [-0.39, 0.29) is 81.6 Å². The number of phenols is 1. The lowest BCUT2D eigenvalue weighted by Crippen LogP contribution is -2.52. The third-order valence-corrected chi connectivity index (χ3v) is 10.3. The molecule has 0 bridgehead atoms. The molecule has 13 nitrogen and oxygen atoms in total. The highest BCUT2D eigenvalue weighted by Gasteiger charge is 2.39. The normalized spacial score (nSPS) is 15.3. The minimum Gasteiger partial charge on any atom is -0.508 e. The predicted molar refractivity (Wildman–Crippen MR) is 221 cm³/mol. The van der Waals surface area contributed by atoms with Crippen molar-refractivity contribution in [2.45, 2.75) is 45.2 Å². The van der Waals surface area contributed by atoms with Crippen LogP contribution in [0.2, 0.25) is 0 Å². The fourth-order valence-corrected chi connectivity index (χ4v) is 7.19. The monoisotopic (exact) mass is 802 g/mol. The van der Waals surface area contributed by atoms with Gasteiger partial charge in [0.25, 0.3) is 5.91 Å². The molecule has 1 saturated heterocycles. The van der Waals surface area contributed by atoms with E-state index < -0.39 is 11.9 Å². The van der Waals surface area contributed by atoms with E-state index >= 15 is 0 Å². The number of hydrogen-bond donors (Lipinski definition) is 3. The Kier molecular flexibility index (Phi) is 14.6. The Labute approximate surface area is 343 Å². The highest BCUT2D eigenvalue weighted by Crippen LogP contribution is 2.35. The lowest BCUT2D eigenvalue weighted by atomic mass is 9.88. The van der Waals surface area contributed by atoms with Gasteiger partial charge in [-0.3, -0.25) is 29.3 Å². The number of ether oxygens (including phenoxy) is 3. The molecule has 1 fully saturated rings. The molecule has 0 spiro atoms. The molecule has 5 amide bonds. The number of likely N-dealkylation sites (N-methyl/N-ethyl adjacent to an activating group) is 1. The standard InChI is InChI=1S/C46H50N4O9/c1-3-38(32-7-5-4-6-8-32)44(33-10-14-36(51)15-11-33)34-12-16-37(17-13-34)59-24-22-49(2)43(54)30-58-26-25-57-23-21-47-42(53)28-31-9-18-39-35(27-31)29-50(46(39)56)40-19-20-41(52)48-45(40)55/h4-18,27,40,51H,3,19-26,28-30H2,1-2H3,(H,47,53)(H,48,52,55)/b44-38-. The van der Waals surface area contributed by atoms with Crippen LogP contribution in [0.25, 0.3) is 11.1 Å². The van der Waals surface area contributed by atoms with Gasteiger partial charge >= 0.3 is 0 Å². The Morgan fingerprint density at radius 2 is 1.58 bits per heavy atom. The van der Waals surface area contributed by atoms with Crippen molar-refractivity contribution in [3.05, 3.63) is 130 Å². The van der Waals surface area contributed by atoms with Gasteiger partial charge in [0, 0.05) is 32.1 Å². The van der Waals surface area contributed by atoms with E-state index in [2.05, 4.69) is 29.7 Å². The van der Waals surface area contributed by atoms with Crippen LogP contribution in [-0.2, 0) is 41.6 Å². The second kappa shape index (κ2) is 20.4. The number of piperidine rings is 1. The van der Waals surface area contributed by atoms with E-state index in [1.807, 2.05) is 54.6 Å². The molecular weight excluding hydrogens is 753 g/mol. The average Bonchev–Trinajstić information content (AvgIpc) is 3.56. The molecule has 2 aliphatic rings. The molecule has 59 heavy (non-hydrogen) atoms. The minimum absolute atomic E-state index is 0.101. The first-order chi connectivity index (χ1) is 28.6. The van der Waals surface area contributed by atoms with Crippen LogP contribution in [0, 0.1) is 0 Å². The van der Waals surface area contributed by atoms with Gasteiger partial charge in [-0.2, -0.15) is 0 Å². The zero-order valence-electron chi connectivity index (χ0n) is 33.4. The molecule has 308 valence electrons. The molecule has 0 aromatic heterocycles. The van der Waals surface area contributed by atoms with Gasteiger partial charge in [-0.25, -0.2) is 0 Å². The largest absolute Gasteiger partial charge is 0.508 e. The first-order valence-electron chi connectivity index (χ1n) is 19.8. The van der Waals surface area contributed by atoms with Crippen molar-refractivity contribution in [3.8, 4) is 11.5 Å². The fourth-order valence-electron chi connectivity index (χ4n) is 7.19. The summed E-state index contributed by atoms with van der Waals surface area (Å²) in [5.41, 5.74) is 7.42. The maximum Gasteiger partial charge on any atom is 0.255 e. The zero-order valence-corrected chi connectivity index (χ0v) is 33.4. The predicted octanol–water partition coefficient (Wildman–Crippen LogP) is 4.75. The van der Waals surface area contributed by atoms with Crippen LogP contribution in [-0.4, -0.2) is 104 Å². The molecular formula is C46H50N4O9. The molecule has 6 rings (SSSR count). The first kappa shape index (κ1) is 42.3. The van der Waals surface area contributed by atoms with Crippen molar-refractivity contribution in [1.29, 1.82) is 0 Å². The molecule has 2 heterocycles. The van der Waals surface area contributed by atoms with Gasteiger partial charge in [-0.05, 0) is 82.1 Å². The van der Waals surface area contributed by atoms with Gasteiger partial charge in [0.15, 0.2) is 0 Å². The van der Waals surface area contributed by atoms with Crippen LogP contribution in [0.15, 0.2) is 97.1 Å². The Hall–Kier alpha value is -6.31.